The molecule has 20 heavy (non-hydrogen) atoms. The van der Waals surface area contributed by atoms with Crippen molar-refractivity contribution in [3.63, 3.8) is 0 Å². The molecule has 1 aliphatic heterocycles. The van der Waals surface area contributed by atoms with Gasteiger partial charge in [0, 0.05) is 29.0 Å². The van der Waals surface area contributed by atoms with Crippen LogP contribution in [0.25, 0.3) is 0 Å². The van der Waals surface area contributed by atoms with Crippen molar-refractivity contribution in [1.82, 2.24) is 5.32 Å². The summed E-state index contributed by atoms with van der Waals surface area (Å²) < 4.78 is 6.90. The standard InChI is InChI=1S/C17H24BrNO/c1-17(8-3-2-4-9-17)12-19-15-7-10-20-16-6-5-13(18)11-14(15)16/h5-6,11,15,19H,2-4,7-10,12H2,1H3. The van der Waals surface area contributed by atoms with Crippen molar-refractivity contribution in [3.05, 3.63) is 28.2 Å². The van der Waals surface area contributed by atoms with Crippen molar-refractivity contribution >= 4 is 15.9 Å². The molecule has 1 aromatic carbocycles. The zero-order chi connectivity index (χ0) is 14.0. The molecule has 0 aromatic heterocycles. The molecule has 0 spiro atoms. The molecule has 1 unspecified atom stereocenters. The van der Waals surface area contributed by atoms with Crippen LogP contribution >= 0.6 is 15.9 Å². The van der Waals surface area contributed by atoms with E-state index < -0.39 is 0 Å². The van der Waals surface area contributed by atoms with Crippen molar-refractivity contribution in [3.8, 4) is 5.75 Å². The van der Waals surface area contributed by atoms with E-state index in [-0.39, 0.29) is 0 Å². The highest BCUT2D eigenvalue weighted by atomic mass is 79.9. The molecule has 2 aliphatic rings. The Morgan fingerprint density at radius 2 is 2.10 bits per heavy atom. The summed E-state index contributed by atoms with van der Waals surface area (Å²) in [5.74, 6) is 1.05. The summed E-state index contributed by atoms with van der Waals surface area (Å²) in [6.45, 7) is 4.40. The Labute approximate surface area is 130 Å². The normalized spacial score (nSPS) is 24.8. The highest BCUT2D eigenvalue weighted by Crippen LogP contribution is 2.38. The van der Waals surface area contributed by atoms with Crippen LogP contribution in [-0.2, 0) is 0 Å². The number of rotatable bonds is 3. The number of fused-ring (bicyclic) bond motifs is 1. The molecule has 3 rings (SSSR count). The van der Waals surface area contributed by atoms with E-state index in [1.54, 1.807) is 0 Å². The van der Waals surface area contributed by atoms with Gasteiger partial charge in [-0.05, 0) is 36.5 Å². The number of nitrogens with one attached hydrogen (secondary N) is 1. The highest BCUT2D eigenvalue weighted by Gasteiger charge is 2.29. The number of halogens is 1. The van der Waals surface area contributed by atoms with Gasteiger partial charge in [0.2, 0.25) is 0 Å². The summed E-state index contributed by atoms with van der Waals surface area (Å²) in [6.07, 6.45) is 8.02. The van der Waals surface area contributed by atoms with Gasteiger partial charge in [-0.25, -0.2) is 0 Å². The van der Waals surface area contributed by atoms with Crippen LogP contribution < -0.4 is 10.1 Å². The topological polar surface area (TPSA) is 21.3 Å². The Bertz CT molecular complexity index is 468. The molecule has 0 radical (unpaired) electrons. The fourth-order valence-corrected chi connectivity index (χ4v) is 3.91. The van der Waals surface area contributed by atoms with E-state index in [1.165, 1.54) is 37.7 Å². The van der Waals surface area contributed by atoms with Crippen LogP contribution in [0.15, 0.2) is 22.7 Å². The summed E-state index contributed by atoms with van der Waals surface area (Å²) >= 11 is 3.57. The molecule has 3 heteroatoms. The van der Waals surface area contributed by atoms with Gasteiger partial charge in [-0.2, -0.15) is 0 Å². The maximum atomic E-state index is 5.76. The summed E-state index contributed by atoms with van der Waals surface area (Å²) in [5, 5.41) is 3.81. The molecule has 110 valence electrons. The van der Waals surface area contributed by atoms with Gasteiger partial charge in [-0.1, -0.05) is 42.1 Å². The second-order valence-corrected chi connectivity index (χ2v) is 7.54. The van der Waals surface area contributed by atoms with Crippen LogP contribution in [0.4, 0.5) is 0 Å². The lowest BCUT2D eigenvalue weighted by molar-refractivity contribution is 0.185. The van der Waals surface area contributed by atoms with Gasteiger partial charge in [0.25, 0.3) is 0 Å². The molecule has 1 heterocycles. The molecule has 1 aromatic rings. The molecule has 0 saturated heterocycles. The van der Waals surface area contributed by atoms with Crippen molar-refractivity contribution < 1.29 is 4.74 Å². The SMILES string of the molecule is CC1(CNC2CCOc3ccc(Br)cc32)CCCCC1. The minimum absolute atomic E-state index is 0.440. The average Bonchev–Trinajstić information content (AvgIpc) is 2.46. The van der Waals surface area contributed by atoms with Gasteiger partial charge in [-0.3, -0.25) is 0 Å². The van der Waals surface area contributed by atoms with Gasteiger partial charge in [0.15, 0.2) is 0 Å². The number of ether oxygens (including phenoxy) is 1. The molecule has 1 atom stereocenters. The largest absolute Gasteiger partial charge is 0.493 e. The second-order valence-electron chi connectivity index (χ2n) is 6.62. The predicted octanol–water partition coefficient (Wildman–Crippen LogP) is 4.83. The molecular formula is C17H24BrNO. The van der Waals surface area contributed by atoms with Gasteiger partial charge < -0.3 is 10.1 Å². The first-order valence-corrected chi connectivity index (χ1v) is 8.61. The number of hydrogen-bond donors (Lipinski definition) is 1. The van der Waals surface area contributed by atoms with Crippen molar-refractivity contribution in [2.75, 3.05) is 13.2 Å². The second kappa shape index (κ2) is 6.07. The van der Waals surface area contributed by atoms with Gasteiger partial charge >= 0.3 is 0 Å². The van der Waals surface area contributed by atoms with Crippen LogP contribution in [0.5, 0.6) is 5.75 Å². The quantitative estimate of drug-likeness (QED) is 0.852. The highest BCUT2D eigenvalue weighted by molar-refractivity contribution is 9.10. The third-order valence-corrected chi connectivity index (χ3v) is 5.34. The van der Waals surface area contributed by atoms with Crippen LogP contribution in [0, 0.1) is 5.41 Å². The minimum Gasteiger partial charge on any atom is -0.493 e. The van der Waals surface area contributed by atoms with Crippen LogP contribution in [0.1, 0.15) is 57.1 Å². The van der Waals surface area contributed by atoms with Crippen molar-refractivity contribution in [2.45, 2.75) is 51.5 Å². The molecule has 1 N–H and O–H groups in total. The lowest BCUT2D eigenvalue weighted by atomic mass is 9.75. The first-order valence-electron chi connectivity index (χ1n) is 7.82. The van der Waals surface area contributed by atoms with E-state index in [1.807, 2.05) is 0 Å². The summed E-state index contributed by atoms with van der Waals surface area (Å²) in [4.78, 5) is 0. The van der Waals surface area contributed by atoms with Crippen LogP contribution in [0.2, 0.25) is 0 Å². The predicted molar refractivity (Wildman–Crippen MR) is 86.2 cm³/mol. The Balaban J connectivity index is 1.68. The maximum absolute atomic E-state index is 5.76. The van der Waals surface area contributed by atoms with Crippen LogP contribution in [0.3, 0.4) is 0 Å². The van der Waals surface area contributed by atoms with E-state index in [4.69, 9.17) is 4.74 Å². The van der Waals surface area contributed by atoms with Gasteiger partial charge in [-0.15, -0.1) is 0 Å². The Kier molecular flexibility index (Phi) is 4.37. The zero-order valence-corrected chi connectivity index (χ0v) is 13.8. The Morgan fingerprint density at radius 3 is 2.90 bits per heavy atom. The number of hydrogen-bond acceptors (Lipinski definition) is 2. The molecule has 1 fully saturated rings. The Hall–Kier alpha value is -0.540. The van der Waals surface area contributed by atoms with Gasteiger partial charge in [0.1, 0.15) is 5.75 Å². The molecule has 0 bridgehead atoms. The van der Waals surface area contributed by atoms with E-state index in [0.717, 1.165) is 29.8 Å². The lowest BCUT2D eigenvalue weighted by Gasteiger charge is -2.36. The molecule has 1 aliphatic carbocycles. The third-order valence-electron chi connectivity index (χ3n) is 4.85. The van der Waals surface area contributed by atoms with Gasteiger partial charge in [0.05, 0.1) is 6.61 Å². The first-order chi connectivity index (χ1) is 9.66. The molecule has 2 nitrogen and oxygen atoms in total. The van der Waals surface area contributed by atoms with Crippen LogP contribution in [-0.4, -0.2) is 13.2 Å². The van der Waals surface area contributed by atoms with E-state index in [2.05, 4.69) is 46.4 Å². The first kappa shape index (κ1) is 14.4. The monoisotopic (exact) mass is 337 g/mol. The van der Waals surface area contributed by atoms with E-state index in [0.29, 0.717) is 11.5 Å². The third kappa shape index (κ3) is 3.20. The maximum Gasteiger partial charge on any atom is 0.124 e. The minimum atomic E-state index is 0.440. The molecule has 0 amide bonds. The van der Waals surface area contributed by atoms with E-state index in [9.17, 15) is 0 Å². The van der Waals surface area contributed by atoms with E-state index >= 15 is 0 Å². The Morgan fingerprint density at radius 1 is 1.30 bits per heavy atom. The zero-order valence-electron chi connectivity index (χ0n) is 12.3. The van der Waals surface area contributed by atoms with Crippen molar-refractivity contribution in [2.24, 2.45) is 5.41 Å². The average molecular weight is 338 g/mol. The summed E-state index contributed by atoms with van der Waals surface area (Å²) in [6, 6.07) is 6.78. The van der Waals surface area contributed by atoms with Crippen molar-refractivity contribution in [1.29, 1.82) is 0 Å². The summed E-state index contributed by atoms with van der Waals surface area (Å²) in [7, 11) is 0. The fourth-order valence-electron chi connectivity index (χ4n) is 3.53. The summed E-state index contributed by atoms with van der Waals surface area (Å²) in [5.41, 5.74) is 1.80. The molecule has 1 saturated carbocycles. The lowest BCUT2D eigenvalue weighted by Crippen LogP contribution is -2.37. The number of benzene rings is 1. The molecular weight excluding hydrogens is 314 g/mol. The fraction of sp³-hybridized carbons (Fsp3) is 0.647. The smallest absolute Gasteiger partial charge is 0.124 e.